The zero-order valence-corrected chi connectivity index (χ0v) is 9.93. The predicted octanol–water partition coefficient (Wildman–Crippen LogP) is 3.28. The Balaban J connectivity index is 2.09. The van der Waals surface area contributed by atoms with Crippen LogP contribution in [0.25, 0.3) is 0 Å². The van der Waals surface area contributed by atoms with Crippen LogP contribution in [0.2, 0.25) is 0 Å². The number of rotatable bonds is 3. The van der Waals surface area contributed by atoms with Crippen LogP contribution in [-0.2, 0) is 6.42 Å². The van der Waals surface area contributed by atoms with Gasteiger partial charge in [-0.25, -0.2) is 4.39 Å². The minimum absolute atomic E-state index is 0.440. The van der Waals surface area contributed by atoms with Gasteiger partial charge in [0, 0.05) is 12.0 Å². The summed E-state index contributed by atoms with van der Waals surface area (Å²) in [6.45, 7) is 0. The number of benzene rings is 1. The lowest BCUT2D eigenvalue weighted by atomic mass is 9.90. The number of carbonyl (C=O) groups excluding carboxylic acids is 1. The topological polar surface area (TPSA) is 17.1 Å². The van der Waals surface area contributed by atoms with Gasteiger partial charge in [-0.1, -0.05) is 18.2 Å². The first-order chi connectivity index (χ1) is 7.72. The molecular formula is C13H15FOS. The summed E-state index contributed by atoms with van der Waals surface area (Å²) in [4.78, 5) is 10.6. The van der Waals surface area contributed by atoms with Gasteiger partial charge in [-0.05, 0) is 36.0 Å². The molecule has 0 spiro atoms. The smallest absolute Gasteiger partial charge is 0.150 e. The first kappa shape index (κ1) is 11.6. The van der Waals surface area contributed by atoms with Crippen molar-refractivity contribution in [1.82, 2.24) is 0 Å². The highest BCUT2D eigenvalue weighted by Gasteiger charge is 2.31. The Morgan fingerprint density at radius 1 is 1.38 bits per heavy atom. The molecule has 0 saturated carbocycles. The summed E-state index contributed by atoms with van der Waals surface area (Å²) in [5.41, 5.74) is 0.498. The van der Waals surface area contributed by atoms with Crippen molar-refractivity contribution in [2.24, 2.45) is 0 Å². The fraction of sp³-hybridized carbons (Fsp3) is 0.462. The lowest BCUT2D eigenvalue weighted by Crippen LogP contribution is -2.30. The number of halogens is 1. The third kappa shape index (κ3) is 2.85. The molecule has 0 amide bonds. The third-order valence-corrected chi connectivity index (χ3v) is 3.98. The van der Waals surface area contributed by atoms with Gasteiger partial charge in [0.25, 0.3) is 0 Å². The largest absolute Gasteiger partial charge is 0.298 e. The van der Waals surface area contributed by atoms with Crippen LogP contribution in [0.4, 0.5) is 4.39 Å². The molecule has 0 aliphatic carbocycles. The zero-order valence-electron chi connectivity index (χ0n) is 9.12. The number of thioether (sulfide) groups is 1. The Hall–Kier alpha value is -0.830. The van der Waals surface area contributed by atoms with Crippen LogP contribution in [0.15, 0.2) is 24.3 Å². The minimum atomic E-state index is -1.06. The van der Waals surface area contributed by atoms with Gasteiger partial charge in [0.15, 0.2) is 0 Å². The van der Waals surface area contributed by atoms with Crippen LogP contribution in [0.5, 0.6) is 0 Å². The van der Waals surface area contributed by atoms with E-state index in [-0.39, 0.29) is 0 Å². The summed E-state index contributed by atoms with van der Waals surface area (Å²) in [6.07, 6.45) is 2.51. The summed E-state index contributed by atoms with van der Waals surface area (Å²) in [5.74, 6) is 1.81. The van der Waals surface area contributed by atoms with E-state index >= 15 is 0 Å². The highest BCUT2D eigenvalue weighted by molar-refractivity contribution is 7.99. The lowest BCUT2D eigenvalue weighted by Gasteiger charge is -2.29. The molecule has 1 fully saturated rings. The van der Waals surface area contributed by atoms with Crippen LogP contribution in [0, 0.1) is 0 Å². The average Bonchev–Trinajstić information content (AvgIpc) is 2.29. The molecule has 1 heterocycles. The van der Waals surface area contributed by atoms with Crippen molar-refractivity contribution in [2.75, 3.05) is 11.5 Å². The highest BCUT2D eigenvalue weighted by Crippen LogP contribution is 2.33. The Bertz CT molecular complexity index is 372. The SMILES string of the molecule is O=Cc1cccc(CC2(F)CCSCC2)c1. The van der Waals surface area contributed by atoms with E-state index in [1.54, 1.807) is 12.1 Å². The van der Waals surface area contributed by atoms with Crippen LogP contribution >= 0.6 is 11.8 Å². The van der Waals surface area contributed by atoms with Crippen LogP contribution in [-0.4, -0.2) is 23.5 Å². The third-order valence-electron chi connectivity index (χ3n) is 3.00. The highest BCUT2D eigenvalue weighted by atomic mass is 32.2. The van der Waals surface area contributed by atoms with Gasteiger partial charge in [-0.2, -0.15) is 11.8 Å². The van der Waals surface area contributed by atoms with E-state index in [1.165, 1.54) is 0 Å². The second-order valence-electron chi connectivity index (χ2n) is 4.30. The first-order valence-electron chi connectivity index (χ1n) is 5.53. The van der Waals surface area contributed by atoms with Crippen molar-refractivity contribution >= 4 is 18.0 Å². The van der Waals surface area contributed by atoms with E-state index in [0.717, 1.165) is 23.4 Å². The molecule has 1 nitrogen and oxygen atoms in total. The first-order valence-corrected chi connectivity index (χ1v) is 6.68. The van der Waals surface area contributed by atoms with Gasteiger partial charge < -0.3 is 0 Å². The molecule has 0 unspecified atom stereocenters. The summed E-state index contributed by atoms with van der Waals surface area (Å²) >= 11 is 1.82. The van der Waals surface area contributed by atoms with Crippen LogP contribution in [0.3, 0.4) is 0 Å². The molecule has 0 aromatic heterocycles. The summed E-state index contributed by atoms with van der Waals surface area (Å²) in [7, 11) is 0. The number of alkyl halides is 1. The standard InChI is InChI=1S/C13H15FOS/c14-13(4-6-16-7-5-13)9-11-2-1-3-12(8-11)10-15/h1-3,8,10H,4-7,9H2. The maximum Gasteiger partial charge on any atom is 0.150 e. The molecule has 1 aliphatic heterocycles. The molecule has 0 N–H and O–H groups in total. The average molecular weight is 238 g/mol. The van der Waals surface area contributed by atoms with Gasteiger partial charge in [-0.15, -0.1) is 0 Å². The van der Waals surface area contributed by atoms with Crippen molar-refractivity contribution in [3.8, 4) is 0 Å². The molecule has 86 valence electrons. The summed E-state index contributed by atoms with van der Waals surface area (Å²) in [6, 6.07) is 7.25. The summed E-state index contributed by atoms with van der Waals surface area (Å²) < 4.78 is 14.4. The molecule has 2 rings (SSSR count). The zero-order chi connectivity index (χ0) is 11.4. The van der Waals surface area contributed by atoms with Crippen molar-refractivity contribution in [3.63, 3.8) is 0 Å². The van der Waals surface area contributed by atoms with Gasteiger partial charge in [-0.3, -0.25) is 4.79 Å². The number of carbonyl (C=O) groups is 1. The Labute approximate surface area is 99.4 Å². The Morgan fingerprint density at radius 2 is 2.12 bits per heavy atom. The van der Waals surface area contributed by atoms with Gasteiger partial charge in [0.05, 0.1) is 0 Å². The molecular weight excluding hydrogens is 223 g/mol. The fourth-order valence-corrected chi connectivity index (χ4v) is 3.28. The molecule has 1 aromatic carbocycles. The van der Waals surface area contributed by atoms with Crippen molar-refractivity contribution in [3.05, 3.63) is 35.4 Å². The van der Waals surface area contributed by atoms with Gasteiger partial charge in [0.2, 0.25) is 0 Å². The minimum Gasteiger partial charge on any atom is -0.298 e. The van der Waals surface area contributed by atoms with E-state index < -0.39 is 5.67 Å². The molecule has 0 atom stereocenters. The quantitative estimate of drug-likeness (QED) is 0.752. The van der Waals surface area contributed by atoms with E-state index in [1.807, 2.05) is 23.9 Å². The van der Waals surface area contributed by atoms with Crippen LogP contribution in [0.1, 0.15) is 28.8 Å². The van der Waals surface area contributed by atoms with Crippen molar-refractivity contribution in [2.45, 2.75) is 24.9 Å². The molecule has 0 bridgehead atoms. The predicted molar refractivity (Wildman–Crippen MR) is 65.9 cm³/mol. The number of hydrogen-bond acceptors (Lipinski definition) is 2. The summed E-state index contributed by atoms with van der Waals surface area (Å²) in [5, 5.41) is 0. The molecule has 1 aromatic rings. The Kier molecular flexibility index (Phi) is 3.64. The van der Waals surface area contributed by atoms with Crippen molar-refractivity contribution in [1.29, 1.82) is 0 Å². The monoisotopic (exact) mass is 238 g/mol. The second kappa shape index (κ2) is 5.00. The molecule has 3 heteroatoms. The van der Waals surface area contributed by atoms with Gasteiger partial charge in [0.1, 0.15) is 12.0 Å². The van der Waals surface area contributed by atoms with Crippen molar-refractivity contribution < 1.29 is 9.18 Å². The number of hydrogen-bond donors (Lipinski definition) is 0. The molecule has 1 saturated heterocycles. The molecule has 16 heavy (non-hydrogen) atoms. The maximum absolute atomic E-state index is 14.4. The second-order valence-corrected chi connectivity index (χ2v) is 5.53. The Morgan fingerprint density at radius 3 is 2.81 bits per heavy atom. The number of aldehydes is 1. The normalized spacial score (nSPS) is 19.3. The van der Waals surface area contributed by atoms with E-state index in [2.05, 4.69) is 0 Å². The molecule has 1 aliphatic rings. The van der Waals surface area contributed by atoms with E-state index in [4.69, 9.17) is 0 Å². The van der Waals surface area contributed by atoms with E-state index in [9.17, 15) is 9.18 Å². The fourth-order valence-electron chi connectivity index (χ4n) is 2.06. The van der Waals surface area contributed by atoms with E-state index in [0.29, 0.717) is 24.8 Å². The van der Waals surface area contributed by atoms with Crippen LogP contribution < -0.4 is 0 Å². The molecule has 0 radical (unpaired) electrons. The van der Waals surface area contributed by atoms with Gasteiger partial charge >= 0.3 is 0 Å². The lowest BCUT2D eigenvalue weighted by molar-refractivity contribution is 0.112. The maximum atomic E-state index is 14.4.